The van der Waals surface area contributed by atoms with E-state index in [1.54, 1.807) is 0 Å². The Balaban J connectivity index is 2.18. The highest BCUT2D eigenvalue weighted by Gasteiger charge is 2.30. The average Bonchev–Trinajstić information content (AvgIpc) is 2.62. The Labute approximate surface area is 167 Å². The fourth-order valence-corrected chi connectivity index (χ4v) is 3.89. The molecule has 5 heteroatoms. The van der Waals surface area contributed by atoms with Crippen LogP contribution in [0.3, 0.4) is 0 Å². The number of aliphatic hydroxyl groups excluding tert-OH is 1. The van der Waals surface area contributed by atoms with Gasteiger partial charge >= 0.3 is 0 Å². The molecule has 162 valence electrons. The molecule has 1 aliphatic heterocycles. The number of ether oxygens (including phenoxy) is 1. The lowest BCUT2D eigenvalue weighted by molar-refractivity contribution is -0.0115. The Morgan fingerprint density at radius 2 is 1.70 bits per heavy atom. The lowest BCUT2D eigenvalue weighted by Crippen LogP contribution is -2.51. The van der Waals surface area contributed by atoms with Crippen LogP contribution in [-0.2, 0) is 4.74 Å². The van der Waals surface area contributed by atoms with Crippen LogP contribution >= 0.6 is 0 Å². The van der Waals surface area contributed by atoms with Crippen molar-refractivity contribution in [2.75, 3.05) is 46.0 Å². The number of rotatable bonds is 15. The molecule has 1 rings (SSSR count). The van der Waals surface area contributed by atoms with Crippen molar-refractivity contribution >= 4 is 0 Å². The summed E-state index contributed by atoms with van der Waals surface area (Å²) in [7, 11) is 0. The zero-order valence-electron chi connectivity index (χ0n) is 18.4. The maximum atomic E-state index is 10.8. The summed E-state index contributed by atoms with van der Waals surface area (Å²) >= 11 is 0. The molecule has 1 heterocycles. The van der Waals surface area contributed by atoms with E-state index in [4.69, 9.17) is 4.74 Å². The Morgan fingerprint density at radius 1 is 1.04 bits per heavy atom. The molecule has 1 aliphatic rings. The van der Waals surface area contributed by atoms with Crippen LogP contribution in [0.2, 0.25) is 0 Å². The summed E-state index contributed by atoms with van der Waals surface area (Å²) in [5.41, 5.74) is -0.856. The summed E-state index contributed by atoms with van der Waals surface area (Å²) < 4.78 is 5.37. The minimum absolute atomic E-state index is 0.0193. The second kappa shape index (κ2) is 13.9. The predicted octanol–water partition coefficient (Wildman–Crippen LogP) is 3.04. The molecule has 0 spiro atoms. The summed E-state index contributed by atoms with van der Waals surface area (Å²) in [5.74, 6) is 1.51. The predicted molar refractivity (Wildman–Crippen MR) is 113 cm³/mol. The highest BCUT2D eigenvalue weighted by atomic mass is 16.5. The van der Waals surface area contributed by atoms with E-state index < -0.39 is 5.60 Å². The molecule has 0 aromatic rings. The van der Waals surface area contributed by atoms with Crippen molar-refractivity contribution in [3.05, 3.63) is 0 Å². The van der Waals surface area contributed by atoms with E-state index in [1.165, 1.54) is 19.3 Å². The molecule has 3 atom stereocenters. The molecule has 0 amide bonds. The molecule has 1 fully saturated rings. The van der Waals surface area contributed by atoms with Crippen molar-refractivity contribution in [1.29, 1.82) is 0 Å². The van der Waals surface area contributed by atoms with Gasteiger partial charge < -0.3 is 20.3 Å². The first-order valence-electron chi connectivity index (χ1n) is 11.2. The third kappa shape index (κ3) is 11.4. The maximum Gasteiger partial charge on any atom is 0.0794 e. The van der Waals surface area contributed by atoms with Gasteiger partial charge in [-0.3, -0.25) is 4.90 Å². The summed E-state index contributed by atoms with van der Waals surface area (Å²) in [6, 6.07) is -0.251. The SMILES string of the molecule is CC(C)CCCC(C)CCCC(C)(O)C(CO)NCCCN1CCOCC1. The molecular weight excluding hydrogens is 340 g/mol. The van der Waals surface area contributed by atoms with E-state index in [0.717, 1.165) is 71.0 Å². The normalized spacial score (nSPS) is 20.6. The molecule has 0 radical (unpaired) electrons. The Hall–Kier alpha value is -0.200. The standard InChI is InChI=1S/C22H46N2O3/c1-19(2)8-5-9-20(3)10-6-11-22(4,26)21(18-25)23-12-7-13-24-14-16-27-17-15-24/h19-21,23,25-26H,5-18H2,1-4H3. The van der Waals surface area contributed by atoms with Gasteiger partial charge in [0.1, 0.15) is 0 Å². The zero-order chi connectivity index (χ0) is 20.1. The minimum Gasteiger partial charge on any atom is -0.395 e. The van der Waals surface area contributed by atoms with E-state index in [2.05, 4.69) is 31.0 Å². The van der Waals surface area contributed by atoms with Gasteiger partial charge in [-0.05, 0) is 44.7 Å². The summed E-state index contributed by atoms with van der Waals surface area (Å²) in [4.78, 5) is 2.41. The lowest BCUT2D eigenvalue weighted by atomic mass is 9.88. The summed E-state index contributed by atoms with van der Waals surface area (Å²) in [6.45, 7) is 14.3. The van der Waals surface area contributed by atoms with Crippen molar-refractivity contribution in [2.45, 2.75) is 84.3 Å². The topological polar surface area (TPSA) is 65.0 Å². The van der Waals surface area contributed by atoms with Crippen LogP contribution in [0, 0.1) is 11.8 Å². The van der Waals surface area contributed by atoms with Gasteiger partial charge in [0.15, 0.2) is 0 Å². The molecule has 0 bridgehead atoms. The van der Waals surface area contributed by atoms with Gasteiger partial charge in [-0.2, -0.15) is 0 Å². The Kier molecular flexibility index (Phi) is 12.8. The minimum atomic E-state index is -0.856. The highest BCUT2D eigenvalue weighted by Crippen LogP contribution is 2.23. The van der Waals surface area contributed by atoms with Gasteiger partial charge in [0, 0.05) is 13.1 Å². The van der Waals surface area contributed by atoms with Crippen molar-refractivity contribution in [3.63, 3.8) is 0 Å². The molecule has 3 unspecified atom stereocenters. The lowest BCUT2D eigenvalue weighted by Gasteiger charge is -2.33. The first-order chi connectivity index (χ1) is 12.8. The van der Waals surface area contributed by atoms with Crippen LogP contribution in [0.1, 0.15) is 72.6 Å². The fourth-order valence-electron chi connectivity index (χ4n) is 3.89. The largest absolute Gasteiger partial charge is 0.395 e. The first kappa shape index (κ1) is 24.8. The average molecular weight is 387 g/mol. The van der Waals surface area contributed by atoms with Gasteiger partial charge in [-0.1, -0.05) is 52.9 Å². The Morgan fingerprint density at radius 3 is 2.33 bits per heavy atom. The third-order valence-corrected chi connectivity index (χ3v) is 5.94. The first-order valence-corrected chi connectivity index (χ1v) is 11.2. The molecule has 0 aliphatic carbocycles. The molecule has 27 heavy (non-hydrogen) atoms. The van der Waals surface area contributed by atoms with E-state index in [1.807, 2.05) is 6.92 Å². The van der Waals surface area contributed by atoms with Gasteiger partial charge in [0.25, 0.3) is 0 Å². The molecule has 0 aromatic heterocycles. The highest BCUT2D eigenvalue weighted by molar-refractivity contribution is 4.87. The molecule has 0 aromatic carbocycles. The number of nitrogens with one attached hydrogen (secondary N) is 1. The van der Waals surface area contributed by atoms with E-state index in [0.29, 0.717) is 5.92 Å². The molecular formula is C22H46N2O3. The van der Waals surface area contributed by atoms with E-state index >= 15 is 0 Å². The van der Waals surface area contributed by atoms with Gasteiger partial charge in [0.2, 0.25) is 0 Å². The molecule has 1 saturated heterocycles. The second-order valence-electron chi connectivity index (χ2n) is 9.18. The van der Waals surface area contributed by atoms with Crippen LogP contribution in [-0.4, -0.2) is 72.8 Å². The fraction of sp³-hybridized carbons (Fsp3) is 1.00. The zero-order valence-corrected chi connectivity index (χ0v) is 18.4. The van der Waals surface area contributed by atoms with Crippen molar-refractivity contribution in [3.8, 4) is 0 Å². The number of nitrogens with zero attached hydrogens (tertiary/aromatic N) is 1. The van der Waals surface area contributed by atoms with Crippen LogP contribution in [0.15, 0.2) is 0 Å². The van der Waals surface area contributed by atoms with Crippen molar-refractivity contribution in [1.82, 2.24) is 10.2 Å². The van der Waals surface area contributed by atoms with E-state index in [9.17, 15) is 10.2 Å². The van der Waals surface area contributed by atoms with Crippen molar-refractivity contribution < 1.29 is 14.9 Å². The van der Waals surface area contributed by atoms with E-state index in [-0.39, 0.29) is 12.6 Å². The number of hydrogen-bond donors (Lipinski definition) is 3. The number of hydrogen-bond acceptors (Lipinski definition) is 5. The van der Waals surface area contributed by atoms with Crippen LogP contribution in [0.25, 0.3) is 0 Å². The molecule has 3 N–H and O–H groups in total. The van der Waals surface area contributed by atoms with Gasteiger partial charge in [-0.15, -0.1) is 0 Å². The van der Waals surface area contributed by atoms with Gasteiger partial charge in [0.05, 0.1) is 31.5 Å². The Bertz CT molecular complexity index is 357. The molecule has 0 saturated carbocycles. The molecule has 5 nitrogen and oxygen atoms in total. The summed E-state index contributed by atoms with van der Waals surface area (Å²) in [6.07, 6.45) is 7.83. The quantitative estimate of drug-likeness (QED) is 0.378. The smallest absolute Gasteiger partial charge is 0.0794 e. The van der Waals surface area contributed by atoms with Crippen LogP contribution in [0.4, 0.5) is 0 Å². The second-order valence-corrected chi connectivity index (χ2v) is 9.18. The van der Waals surface area contributed by atoms with Crippen molar-refractivity contribution in [2.24, 2.45) is 11.8 Å². The summed E-state index contributed by atoms with van der Waals surface area (Å²) in [5, 5.41) is 23.9. The monoisotopic (exact) mass is 386 g/mol. The number of morpholine rings is 1. The van der Waals surface area contributed by atoms with Crippen LogP contribution in [0.5, 0.6) is 0 Å². The van der Waals surface area contributed by atoms with Crippen LogP contribution < -0.4 is 5.32 Å². The number of aliphatic hydroxyl groups is 2. The van der Waals surface area contributed by atoms with Gasteiger partial charge in [-0.25, -0.2) is 0 Å². The third-order valence-electron chi connectivity index (χ3n) is 5.94. The maximum absolute atomic E-state index is 10.8.